The van der Waals surface area contributed by atoms with E-state index in [4.69, 9.17) is 12.2 Å². The first-order valence-electron chi connectivity index (χ1n) is 8.78. The zero-order chi connectivity index (χ0) is 23.0. The Morgan fingerprint density at radius 2 is 2.19 bits per heavy atom. The predicted molar refractivity (Wildman–Crippen MR) is 110 cm³/mol. The van der Waals surface area contributed by atoms with Gasteiger partial charge in [-0.25, -0.2) is 9.97 Å². The van der Waals surface area contributed by atoms with Crippen molar-refractivity contribution in [3.05, 3.63) is 41.3 Å². The van der Waals surface area contributed by atoms with Crippen LogP contribution in [0.1, 0.15) is 17.9 Å². The minimum absolute atomic E-state index is 0.0564. The van der Waals surface area contributed by atoms with Crippen LogP contribution in [0.15, 0.2) is 25.0 Å². The number of aromatic amines is 1. The van der Waals surface area contributed by atoms with Crippen LogP contribution in [0.25, 0.3) is 10.7 Å². The lowest BCUT2D eigenvalue weighted by atomic mass is 9.97. The summed E-state index contributed by atoms with van der Waals surface area (Å²) in [7, 11) is 1.29. The zero-order valence-electron chi connectivity index (χ0n) is 16.4. The molecule has 166 valence electrons. The van der Waals surface area contributed by atoms with Crippen LogP contribution in [0.3, 0.4) is 0 Å². The number of halogens is 3. The zero-order valence-corrected chi connectivity index (χ0v) is 18.0. The number of anilines is 1. The van der Waals surface area contributed by atoms with Gasteiger partial charge in [0.1, 0.15) is 0 Å². The van der Waals surface area contributed by atoms with Gasteiger partial charge in [-0.1, -0.05) is 17.4 Å². The van der Waals surface area contributed by atoms with Crippen molar-refractivity contribution in [2.75, 3.05) is 5.32 Å². The number of imidazole rings is 1. The number of H-pyrrole nitrogens is 1. The van der Waals surface area contributed by atoms with Crippen LogP contribution in [0, 0.1) is 11.7 Å². The quantitative estimate of drug-likeness (QED) is 0.359. The number of alkyl halides is 3. The summed E-state index contributed by atoms with van der Waals surface area (Å²) in [5, 5.41) is 19.5. The Kier molecular flexibility index (Phi) is 6.16. The maximum atomic E-state index is 13.6. The molecule has 1 atom stereocenters. The second kappa shape index (κ2) is 8.36. The second-order valence-electron chi connectivity index (χ2n) is 6.63. The van der Waals surface area contributed by atoms with E-state index < -0.39 is 29.9 Å². The Balaban J connectivity index is 1.86. The molecule has 0 saturated heterocycles. The van der Waals surface area contributed by atoms with Crippen molar-refractivity contribution in [2.45, 2.75) is 31.7 Å². The number of carbonyl (C=O) groups excluding carboxylic acids is 1. The van der Waals surface area contributed by atoms with Crippen LogP contribution in [0.4, 0.5) is 18.3 Å². The molecule has 0 aliphatic carbocycles. The van der Waals surface area contributed by atoms with Gasteiger partial charge in [0.05, 0.1) is 17.0 Å². The van der Waals surface area contributed by atoms with Gasteiger partial charge in [-0.2, -0.15) is 18.3 Å². The molecule has 0 spiro atoms. The van der Waals surface area contributed by atoms with Gasteiger partial charge >= 0.3 is 6.18 Å². The standard InChI is InChI=1S/C17H18F3N7O2S2/c1-4-6-27-12(24-25-15(27)30)11-9(2)22-14(31-11)23-10(28)8-16(29,17(18,19)20)13-21-5-7-26(13)3/h4-5,7,29H,1,6,8H2,2-3H3,(H,25,30)(H,22,23,28). The van der Waals surface area contributed by atoms with Gasteiger partial charge in [-0.05, 0) is 19.1 Å². The molecule has 14 heteroatoms. The fraction of sp³-hybridized carbons (Fsp3) is 0.353. The van der Waals surface area contributed by atoms with E-state index in [0.717, 1.165) is 22.1 Å². The van der Waals surface area contributed by atoms with Crippen molar-refractivity contribution in [1.82, 2.24) is 29.3 Å². The molecule has 0 fully saturated rings. The monoisotopic (exact) mass is 473 g/mol. The SMILES string of the molecule is C=CCn1c(-c2sc(NC(=O)CC(O)(c3nccn3C)C(F)(F)F)nc2C)n[nH]c1=S. The van der Waals surface area contributed by atoms with Gasteiger partial charge in [-0.3, -0.25) is 14.5 Å². The van der Waals surface area contributed by atoms with Gasteiger partial charge in [-0.15, -0.1) is 6.58 Å². The normalized spacial score (nSPS) is 13.7. The Hall–Kier alpha value is -2.84. The lowest BCUT2D eigenvalue weighted by molar-refractivity contribution is -0.270. The number of hydrogen-bond donors (Lipinski definition) is 3. The second-order valence-corrected chi connectivity index (χ2v) is 8.02. The number of aromatic nitrogens is 6. The van der Waals surface area contributed by atoms with Crippen molar-refractivity contribution < 1.29 is 23.1 Å². The van der Waals surface area contributed by atoms with E-state index in [-0.39, 0.29) is 5.13 Å². The highest BCUT2D eigenvalue weighted by Crippen LogP contribution is 2.41. The van der Waals surface area contributed by atoms with Gasteiger partial charge < -0.3 is 15.0 Å². The van der Waals surface area contributed by atoms with Gasteiger partial charge in [0.15, 0.2) is 21.6 Å². The van der Waals surface area contributed by atoms with E-state index >= 15 is 0 Å². The van der Waals surface area contributed by atoms with Gasteiger partial charge in [0.2, 0.25) is 11.5 Å². The molecule has 3 heterocycles. The van der Waals surface area contributed by atoms with E-state index in [1.807, 2.05) is 0 Å². The van der Waals surface area contributed by atoms with Crippen LogP contribution in [0.2, 0.25) is 0 Å². The van der Waals surface area contributed by atoms with Crippen LogP contribution < -0.4 is 5.32 Å². The smallest absolute Gasteiger partial charge is 0.374 e. The van der Waals surface area contributed by atoms with Crippen molar-refractivity contribution in [3.63, 3.8) is 0 Å². The highest BCUT2D eigenvalue weighted by molar-refractivity contribution is 7.71. The van der Waals surface area contributed by atoms with E-state index in [1.54, 1.807) is 17.6 Å². The van der Waals surface area contributed by atoms with Crippen molar-refractivity contribution in [3.8, 4) is 10.7 Å². The lowest BCUT2D eigenvalue weighted by Crippen LogP contribution is -2.46. The van der Waals surface area contributed by atoms with Crippen molar-refractivity contribution >= 4 is 34.6 Å². The number of rotatable bonds is 7. The van der Waals surface area contributed by atoms with Crippen LogP contribution >= 0.6 is 23.6 Å². The van der Waals surface area contributed by atoms with Crippen LogP contribution in [-0.2, 0) is 24.0 Å². The third-order valence-corrected chi connectivity index (χ3v) is 5.77. The van der Waals surface area contributed by atoms with Crippen LogP contribution in [0.5, 0.6) is 0 Å². The number of aliphatic hydroxyl groups is 1. The van der Waals surface area contributed by atoms with Gasteiger partial charge in [0.25, 0.3) is 0 Å². The summed E-state index contributed by atoms with van der Waals surface area (Å²) in [6.45, 7) is 5.70. The first kappa shape index (κ1) is 22.8. The van der Waals surface area contributed by atoms with Crippen molar-refractivity contribution in [1.29, 1.82) is 0 Å². The predicted octanol–water partition coefficient (Wildman–Crippen LogP) is 3.07. The molecule has 0 aliphatic heterocycles. The molecule has 9 nitrogen and oxygen atoms in total. The summed E-state index contributed by atoms with van der Waals surface area (Å²) in [4.78, 5) is 20.7. The first-order valence-corrected chi connectivity index (χ1v) is 10.0. The summed E-state index contributed by atoms with van der Waals surface area (Å²) in [6, 6.07) is 0. The molecule has 0 saturated carbocycles. The molecule has 3 aromatic heterocycles. The number of aryl methyl sites for hydroxylation is 2. The van der Waals surface area contributed by atoms with E-state index in [2.05, 4.69) is 32.1 Å². The summed E-state index contributed by atoms with van der Waals surface area (Å²) < 4.78 is 43.9. The van der Waals surface area contributed by atoms with Gasteiger partial charge in [0, 0.05) is 26.0 Å². The average molecular weight is 474 g/mol. The number of hydrogen-bond acceptors (Lipinski definition) is 7. The molecule has 0 aliphatic rings. The third kappa shape index (κ3) is 4.31. The molecular weight excluding hydrogens is 455 g/mol. The minimum atomic E-state index is -5.13. The highest BCUT2D eigenvalue weighted by Gasteiger charge is 2.58. The Morgan fingerprint density at radius 1 is 1.48 bits per heavy atom. The topological polar surface area (TPSA) is 114 Å². The van der Waals surface area contributed by atoms with Crippen LogP contribution in [-0.4, -0.2) is 46.5 Å². The largest absolute Gasteiger partial charge is 0.425 e. The maximum Gasteiger partial charge on any atom is 0.425 e. The summed E-state index contributed by atoms with van der Waals surface area (Å²) in [5.41, 5.74) is -2.97. The number of nitrogens with one attached hydrogen (secondary N) is 2. The fourth-order valence-corrected chi connectivity index (χ4v) is 4.10. The van der Waals surface area contributed by atoms with E-state index in [0.29, 0.717) is 27.7 Å². The average Bonchev–Trinajstić information content (AvgIpc) is 3.34. The molecule has 0 bridgehead atoms. The maximum absolute atomic E-state index is 13.6. The molecule has 0 radical (unpaired) electrons. The highest BCUT2D eigenvalue weighted by atomic mass is 32.1. The fourth-order valence-electron chi connectivity index (χ4n) is 2.91. The number of nitrogens with zero attached hydrogens (tertiary/aromatic N) is 5. The lowest BCUT2D eigenvalue weighted by Gasteiger charge is -2.29. The van der Waals surface area contributed by atoms with E-state index in [9.17, 15) is 23.1 Å². The molecule has 0 aromatic carbocycles. The van der Waals surface area contributed by atoms with E-state index in [1.165, 1.54) is 13.2 Å². The molecule has 3 N–H and O–H groups in total. The number of amides is 1. The summed E-state index contributed by atoms with van der Waals surface area (Å²) in [6.07, 6.45) is -2.43. The van der Waals surface area contributed by atoms with Crippen molar-refractivity contribution in [2.24, 2.45) is 7.05 Å². The number of thiazole rings is 1. The Morgan fingerprint density at radius 3 is 2.77 bits per heavy atom. The number of allylic oxidation sites excluding steroid dienone is 1. The Labute approximate surface area is 183 Å². The molecule has 1 amide bonds. The summed E-state index contributed by atoms with van der Waals surface area (Å²) in [5.74, 6) is -1.31. The molecule has 31 heavy (non-hydrogen) atoms. The summed E-state index contributed by atoms with van der Waals surface area (Å²) >= 11 is 6.19. The first-order chi connectivity index (χ1) is 14.5. The minimum Gasteiger partial charge on any atom is -0.374 e. The molecular formula is C17H18F3N7O2S2. The molecule has 3 aromatic rings. The molecule has 1 unspecified atom stereocenters. The molecule has 3 rings (SSSR count). The Bertz CT molecular complexity index is 1180. The third-order valence-electron chi connectivity index (χ3n) is 4.39. The number of carbonyl (C=O) groups is 1.